The lowest BCUT2D eigenvalue weighted by molar-refractivity contribution is -0.115. The molecule has 1 aromatic carbocycles. The summed E-state index contributed by atoms with van der Waals surface area (Å²) in [5.74, 6) is -0.0521. The highest BCUT2D eigenvalue weighted by molar-refractivity contribution is 9.10. The Balaban J connectivity index is 1.67. The van der Waals surface area contributed by atoms with Crippen molar-refractivity contribution in [1.82, 2.24) is 14.9 Å². The van der Waals surface area contributed by atoms with Crippen LogP contribution in [-0.4, -0.2) is 28.5 Å². The number of aromatic nitrogens is 2. The molecule has 1 aromatic heterocycles. The number of nitrogens with zero attached hydrogens (tertiary/aromatic N) is 2. The van der Waals surface area contributed by atoms with E-state index in [0.717, 1.165) is 23.2 Å². The summed E-state index contributed by atoms with van der Waals surface area (Å²) in [6, 6.07) is 7.52. The van der Waals surface area contributed by atoms with Gasteiger partial charge in [-0.25, -0.2) is 4.98 Å². The number of hydrogen-bond acceptors (Lipinski definition) is 3. The third kappa shape index (κ3) is 4.84. The number of hydrogen-bond donors (Lipinski definition) is 2. The van der Waals surface area contributed by atoms with Crippen LogP contribution in [0.4, 0.5) is 5.69 Å². The average molecular weight is 323 g/mol. The Morgan fingerprint density at radius 3 is 3.05 bits per heavy atom. The highest BCUT2D eigenvalue weighted by Gasteiger charge is 2.01. The van der Waals surface area contributed by atoms with Crippen LogP contribution in [0.3, 0.4) is 0 Å². The first-order valence-electron chi connectivity index (χ1n) is 5.96. The molecule has 0 aliphatic carbocycles. The molecule has 0 unspecified atom stereocenters. The standard InChI is InChI=1S/C13H15BrN4O/c14-11-2-1-3-12(8-11)17-13(19)9-15-4-6-18-7-5-16-10-18/h1-3,5,7-8,10,15H,4,6,9H2,(H,17,19). The maximum Gasteiger partial charge on any atom is 0.238 e. The van der Waals surface area contributed by atoms with Gasteiger partial charge in [0.25, 0.3) is 0 Å². The van der Waals surface area contributed by atoms with Crippen molar-refractivity contribution in [2.45, 2.75) is 6.54 Å². The molecule has 0 saturated carbocycles. The van der Waals surface area contributed by atoms with Crippen molar-refractivity contribution in [3.63, 3.8) is 0 Å². The number of rotatable bonds is 6. The predicted octanol–water partition coefficient (Wildman–Crippen LogP) is 1.87. The summed E-state index contributed by atoms with van der Waals surface area (Å²) >= 11 is 3.36. The summed E-state index contributed by atoms with van der Waals surface area (Å²) in [5.41, 5.74) is 0.788. The van der Waals surface area contributed by atoms with E-state index in [9.17, 15) is 4.79 Å². The van der Waals surface area contributed by atoms with Crippen LogP contribution >= 0.6 is 15.9 Å². The van der Waals surface area contributed by atoms with Crippen molar-refractivity contribution in [1.29, 1.82) is 0 Å². The van der Waals surface area contributed by atoms with Gasteiger partial charge in [0.05, 0.1) is 12.9 Å². The van der Waals surface area contributed by atoms with Crippen LogP contribution in [0, 0.1) is 0 Å². The van der Waals surface area contributed by atoms with Gasteiger partial charge < -0.3 is 15.2 Å². The summed E-state index contributed by atoms with van der Waals surface area (Å²) in [7, 11) is 0. The fraction of sp³-hybridized carbons (Fsp3) is 0.231. The van der Waals surface area contributed by atoms with Gasteiger partial charge in [-0.15, -0.1) is 0 Å². The molecule has 2 N–H and O–H groups in total. The number of carbonyl (C=O) groups excluding carboxylic acids is 1. The second-order valence-corrected chi connectivity index (χ2v) is 4.95. The van der Waals surface area contributed by atoms with Gasteiger partial charge in [-0.1, -0.05) is 22.0 Å². The Morgan fingerprint density at radius 2 is 2.32 bits per heavy atom. The van der Waals surface area contributed by atoms with Crippen LogP contribution in [0.25, 0.3) is 0 Å². The number of halogens is 1. The lowest BCUT2D eigenvalue weighted by Crippen LogP contribution is -2.30. The molecule has 0 bridgehead atoms. The van der Waals surface area contributed by atoms with Gasteiger partial charge in [-0.3, -0.25) is 4.79 Å². The molecular weight excluding hydrogens is 308 g/mol. The molecule has 2 aromatic rings. The average Bonchev–Trinajstić information content (AvgIpc) is 2.88. The first kappa shape index (κ1) is 13.8. The quantitative estimate of drug-likeness (QED) is 0.798. The van der Waals surface area contributed by atoms with Crippen LogP contribution in [0.15, 0.2) is 47.5 Å². The first-order chi connectivity index (χ1) is 9.24. The zero-order valence-electron chi connectivity index (χ0n) is 10.3. The molecule has 1 heterocycles. The molecule has 100 valence electrons. The summed E-state index contributed by atoms with van der Waals surface area (Å²) in [6.45, 7) is 1.81. The Hall–Kier alpha value is -1.66. The minimum Gasteiger partial charge on any atom is -0.336 e. The molecule has 0 saturated heterocycles. The second kappa shape index (κ2) is 7.06. The second-order valence-electron chi connectivity index (χ2n) is 4.04. The van der Waals surface area contributed by atoms with Gasteiger partial charge in [0.1, 0.15) is 0 Å². The van der Waals surface area contributed by atoms with E-state index in [-0.39, 0.29) is 5.91 Å². The molecule has 1 amide bonds. The van der Waals surface area contributed by atoms with Crippen molar-refractivity contribution in [2.24, 2.45) is 0 Å². The highest BCUT2D eigenvalue weighted by Crippen LogP contribution is 2.15. The van der Waals surface area contributed by atoms with Crippen molar-refractivity contribution < 1.29 is 4.79 Å². The maximum atomic E-state index is 11.7. The Kier molecular flexibility index (Phi) is 5.11. The minimum atomic E-state index is -0.0521. The number of benzene rings is 1. The van der Waals surface area contributed by atoms with E-state index in [0.29, 0.717) is 6.54 Å². The van der Waals surface area contributed by atoms with Crippen LogP contribution in [-0.2, 0) is 11.3 Å². The first-order valence-corrected chi connectivity index (χ1v) is 6.75. The van der Waals surface area contributed by atoms with Crippen molar-refractivity contribution in [3.8, 4) is 0 Å². The zero-order valence-corrected chi connectivity index (χ0v) is 11.9. The fourth-order valence-electron chi connectivity index (χ4n) is 1.60. The van der Waals surface area contributed by atoms with Crippen molar-refractivity contribution in [2.75, 3.05) is 18.4 Å². The third-order valence-electron chi connectivity index (χ3n) is 2.50. The van der Waals surface area contributed by atoms with Gasteiger partial charge in [0.2, 0.25) is 5.91 Å². The Labute approximate surface area is 120 Å². The molecule has 2 rings (SSSR count). The van der Waals surface area contributed by atoms with Gasteiger partial charge >= 0.3 is 0 Å². The summed E-state index contributed by atoms with van der Waals surface area (Å²) in [5, 5.41) is 5.91. The molecule has 19 heavy (non-hydrogen) atoms. The molecule has 0 aliphatic rings. The smallest absolute Gasteiger partial charge is 0.238 e. The van der Waals surface area contributed by atoms with E-state index < -0.39 is 0 Å². The lowest BCUT2D eigenvalue weighted by atomic mass is 10.3. The molecule has 0 aliphatic heterocycles. The molecule has 0 fully saturated rings. The van der Waals surface area contributed by atoms with E-state index in [1.165, 1.54) is 0 Å². The monoisotopic (exact) mass is 322 g/mol. The number of carbonyl (C=O) groups is 1. The Bertz CT molecular complexity index is 527. The minimum absolute atomic E-state index is 0.0521. The molecule has 0 radical (unpaired) electrons. The van der Waals surface area contributed by atoms with Gasteiger partial charge in [-0.2, -0.15) is 0 Å². The van der Waals surface area contributed by atoms with E-state index in [1.54, 1.807) is 12.5 Å². The largest absolute Gasteiger partial charge is 0.336 e. The van der Waals surface area contributed by atoms with E-state index in [4.69, 9.17) is 0 Å². The van der Waals surface area contributed by atoms with E-state index >= 15 is 0 Å². The Morgan fingerprint density at radius 1 is 1.42 bits per heavy atom. The molecular formula is C13H15BrN4O. The van der Waals surface area contributed by atoms with E-state index in [1.807, 2.05) is 35.0 Å². The van der Waals surface area contributed by atoms with Crippen LogP contribution < -0.4 is 10.6 Å². The third-order valence-corrected chi connectivity index (χ3v) is 2.99. The SMILES string of the molecule is O=C(CNCCn1ccnc1)Nc1cccc(Br)c1. The molecule has 6 heteroatoms. The number of imidazole rings is 1. The van der Waals surface area contributed by atoms with Crippen LogP contribution in [0.1, 0.15) is 0 Å². The van der Waals surface area contributed by atoms with Crippen LogP contribution in [0.2, 0.25) is 0 Å². The summed E-state index contributed by atoms with van der Waals surface area (Å²) in [6.07, 6.45) is 5.38. The normalized spacial score (nSPS) is 10.4. The van der Waals surface area contributed by atoms with Gasteiger partial charge in [0, 0.05) is 35.6 Å². The number of nitrogens with one attached hydrogen (secondary N) is 2. The van der Waals surface area contributed by atoms with Gasteiger partial charge in [0.15, 0.2) is 0 Å². The maximum absolute atomic E-state index is 11.7. The lowest BCUT2D eigenvalue weighted by Gasteiger charge is -2.07. The van der Waals surface area contributed by atoms with Crippen molar-refractivity contribution >= 4 is 27.5 Å². The predicted molar refractivity (Wildman–Crippen MR) is 77.9 cm³/mol. The zero-order chi connectivity index (χ0) is 13.5. The van der Waals surface area contributed by atoms with E-state index in [2.05, 4.69) is 31.5 Å². The molecule has 0 spiro atoms. The molecule has 5 nitrogen and oxygen atoms in total. The summed E-state index contributed by atoms with van der Waals surface area (Å²) in [4.78, 5) is 15.6. The highest BCUT2D eigenvalue weighted by atomic mass is 79.9. The number of amides is 1. The van der Waals surface area contributed by atoms with Gasteiger partial charge in [-0.05, 0) is 18.2 Å². The number of anilines is 1. The molecule has 0 atom stereocenters. The fourth-order valence-corrected chi connectivity index (χ4v) is 2.00. The topological polar surface area (TPSA) is 59.0 Å². The van der Waals surface area contributed by atoms with Crippen LogP contribution in [0.5, 0.6) is 0 Å². The summed E-state index contributed by atoms with van der Waals surface area (Å²) < 4.78 is 2.90. The van der Waals surface area contributed by atoms with Crippen molar-refractivity contribution in [3.05, 3.63) is 47.5 Å².